The first-order chi connectivity index (χ1) is 18.6. The lowest BCUT2D eigenvalue weighted by molar-refractivity contribution is 0.657. The summed E-state index contributed by atoms with van der Waals surface area (Å²) in [6.45, 7) is 0. The van der Waals surface area contributed by atoms with E-state index in [0.29, 0.717) is 5.92 Å². The zero-order valence-electron chi connectivity index (χ0n) is 20.5. The van der Waals surface area contributed by atoms with E-state index in [4.69, 9.17) is 9.97 Å². The van der Waals surface area contributed by atoms with Crippen LogP contribution in [0.2, 0.25) is 0 Å². The van der Waals surface area contributed by atoms with Crippen LogP contribution in [0.4, 0.5) is 0 Å². The average Bonchev–Trinajstić information content (AvgIpc) is 3.72. The van der Waals surface area contributed by atoms with E-state index in [9.17, 15) is 0 Å². The Kier molecular flexibility index (Phi) is 7.50. The molecule has 0 atom stereocenters. The van der Waals surface area contributed by atoms with Gasteiger partial charge < -0.3 is 9.97 Å². The van der Waals surface area contributed by atoms with Gasteiger partial charge in [0, 0.05) is 48.3 Å². The highest BCUT2D eigenvalue weighted by Crippen LogP contribution is 2.34. The predicted octanol–water partition coefficient (Wildman–Crippen LogP) is 9.74. The molecule has 0 saturated carbocycles. The number of halogens is 3. The molecule has 1 aromatic carbocycles. The molecule has 2 N–H and O–H groups in total. The molecule has 0 fully saturated rings. The van der Waals surface area contributed by atoms with E-state index >= 15 is 0 Å². The third-order valence-corrected chi connectivity index (χ3v) is 8.34. The number of fused-ring (bicyclic) bond motifs is 8. The summed E-state index contributed by atoms with van der Waals surface area (Å²) < 4.78 is 1.05. The van der Waals surface area contributed by atoms with Gasteiger partial charge in [0.15, 0.2) is 0 Å². The topological polar surface area (TPSA) is 57.4 Å². The zero-order chi connectivity index (χ0) is 26.1. The summed E-state index contributed by atoms with van der Waals surface area (Å²) >= 11 is 10.9. The third kappa shape index (κ3) is 5.24. The van der Waals surface area contributed by atoms with Crippen molar-refractivity contribution in [2.24, 2.45) is 0 Å². The first kappa shape index (κ1) is 25.5. The lowest BCUT2D eigenvalue weighted by atomic mass is 9.92. The molecule has 8 bridgehead atoms. The van der Waals surface area contributed by atoms with Crippen LogP contribution < -0.4 is 0 Å². The van der Waals surface area contributed by atoms with Crippen molar-refractivity contribution in [3.8, 4) is 11.1 Å². The van der Waals surface area contributed by atoms with Gasteiger partial charge in [-0.3, -0.25) is 0 Å². The second-order valence-corrected chi connectivity index (χ2v) is 11.9. The minimum absolute atomic E-state index is 0.366. The van der Waals surface area contributed by atoms with E-state index in [0.717, 1.165) is 83.9 Å². The van der Waals surface area contributed by atoms with Crippen LogP contribution in [-0.4, -0.2) is 30.6 Å². The molecule has 3 aromatic heterocycles. The normalized spacial score (nSPS) is 12.5. The molecule has 4 aromatic rings. The lowest BCUT2D eigenvalue weighted by Crippen LogP contribution is -2.04. The molecule has 0 saturated heterocycles. The number of hydrogen-bond acceptors (Lipinski definition) is 2. The summed E-state index contributed by atoms with van der Waals surface area (Å²) in [5.41, 5.74) is 11.4. The number of benzene rings is 1. The van der Waals surface area contributed by atoms with Crippen LogP contribution in [0.3, 0.4) is 0 Å². The number of nitrogens with zero attached hydrogens (tertiary/aromatic N) is 2. The molecule has 0 unspecified atom stereocenters. The average molecular weight is 693 g/mol. The molecule has 5 heterocycles. The SMILES string of the molecule is BrCCC(CCBr)c1c2nc(cc3ccc([nH]3)c(-c3ccc(Br)cc3)c3nc(cc4ccc1[nH]4)C=C3)C=C2. The van der Waals surface area contributed by atoms with E-state index < -0.39 is 0 Å². The Labute approximate surface area is 246 Å². The van der Waals surface area contributed by atoms with Crippen molar-refractivity contribution >= 4 is 94.2 Å². The molecule has 4 nitrogen and oxygen atoms in total. The molecular weight excluding hydrogens is 668 g/mol. The maximum Gasteiger partial charge on any atom is 0.0736 e. The van der Waals surface area contributed by atoms with Crippen LogP contribution >= 0.6 is 47.8 Å². The maximum absolute atomic E-state index is 5.07. The summed E-state index contributed by atoms with van der Waals surface area (Å²) in [6.07, 6.45) is 10.5. The highest BCUT2D eigenvalue weighted by Gasteiger charge is 2.18. The molecular formula is C31H25Br3N4. The minimum Gasteiger partial charge on any atom is -0.355 e. The van der Waals surface area contributed by atoms with Gasteiger partial charge in [0.2, 0.25) is 0 Å². The van der Waals surface area contributed by atoms with Crippen LogP contribution in [0.25, 0.3) is 57.5 Å². The maximum atomic E-state index is 5.07. The third-order valence-electron chi connectivity index (χ3n) is 6.89. The molecule has 6 rings (SSSR count). The lowest BCUT2D eigenvalue weighted by Gasteiger charge is -2.16. The fraction of sp³-hybridized carbons (Fsp3) is 0.161. The van der Waals surface area contributed by atoms with Gasteiger partial charge in [-0.15, -0.1) is 0 Å². The second kappa shape index (κ2) is 11.2. The number of rotatable bonds is 6. The highest BCUT2D eigenvalue weighted by atomic mass is 79.9. The molecule has 0 spiro atoms. The molecule has 7 heteroatoms. The summed E-state index contributed by atoms with van der Waals surface area (Å²) in [7, 11) is 0. The molecule has 2 aliphatic rings. The summed E-state index contributed by atoms with van der Waals surface area (Å²) in [4.78, 5) is 17.4. The first-order valence-corrected chi connectivity index (χ1v) is 15.6. The zero-order valence-corrected chi connectivity index (χ0v) is 25.3. The number of aromatic amines is 2. The molecule has 0 radical (unpaired) electrons. The van der Waals surface area contributed by atoms with Crippen molar-refractivity contribution in [1.29, 1.82) is 0 Å². The van der Waals surface area contributed by atoms with E-state index in [2.05, 4.69) is 143 Å². The summed E-state index contributed by atoms with van der Waals surface area (Å²) in [5, 5.41) is 1.88. The number of H-pyrrole nitrogens is 2. The Hall–Kier alpha value is -2.74. The van der Waals surface area contributed by atoms with Gasteiger partial charge >= 0.3 is 0 Å². The van der Waals surface area contributed by atoms with Crippen LogP contribution in [0, 0.1) is 0 Å². The number of nitrogens with one attached hydrogen (secondary N) is 2. The minimum atomic E-state index is 0.366. The second-order valence-electron chi connectivity index (χ2n) is 9.40. The number of hydrogen-bond donors (Lipinski definition) is 2. The van der Waals surface area contributed by atoms with Crippen molar-refractivity contribution in [2.45, 2.75) is 18.8 Å². The van der Waals surface area contributed by atoms with Crippen LogP contribution in [0.5, 0.6) is 0 Å². The van der Waals surface area contributed by atoms with E-state index in [1.54, 1.807) is 0 Å². The Bertz CT molecular complexity index is 1710. The first-order valence-electron chi connectivity index (χ1n) is 12.6. The smallest absolute Gasteiger partial charge is 0.0736 e. The monoisotopic (exact) mass is 690 g/mol. The van der Waals surface area contributed by atoms with Gasteiger partial charge in [-0.1, -0.05) is 59.9 Å². The van der Waals surface area contributed by atoms with E-state index in [1.165, 1.54) is 5.56 Å². The predicted molar refractivity (Wildman–Crippen MR) is 172 cm³/mol. The Morgan fingerprint density at radius 2 is 1.24 bits per heavy atom. The van der Waals surface area contributed by atoms with Crippen LogP contribution in [0.15, 0.2) is 65.1 Å². The van der Waals surface area contributed by atoms with E-state index in [1.807, 2.05) is 0 Å². The van der Waals surface area contributed by atoms with Gasteiger partial charge in [-0.2, -0.15) is 0 Å². The van der Waals surface area contributed by atoms with Gasteiger partial charge in [-0.25, -0.2) is 9.97 Å². The molecule has 2 aliphatic heterocycles. The van der Waals surface area contributed by atoms with Gasteiger partial charge in [0.05, 0.1) is 22.8 Å². The van der Waals surface area contributed by atoms with E-state index in [-0.39, 0.29) is 0 Å². The van der Waals surface area contributed by atoms with Gasteiger partial charge in [0.1, 0.15) is 0 Å². The van der Waals surface area contributed by atoms with Gasteiger partial charge in [-0.05, 0) is 97.2 Å². The fourth-order valence-corrected chi connectivity index (χ4v) is 6.51. The standard InChI is InChI=1S/C31H25Br3N4/c32-15-13-20(14-16-33)31-28-11-7-24(37-28)17-22-5-9-26(35-22)30(19-1-3-21(34)4-2-19)27-10-6-23(36-27)18-25-8-12-29(31)38-25/h1-12,17-18,20,35,38H,13-16H2. The quantitative estimate of drug-likeness (QED) is 0.171. The summed E-state index contributed by atoms with van der Waals surface area (Å²) in [6, 6.07) is 21.1. The van der Waals surface area contributed by atoms with Crippen LogP contribution in [-0.2, 0) is 0 Å². The molecule has 0 amide bonds. The van der Waals surface area contributed by atoms with Crippen molar-refractivity contribution < 1.29 is 0 Å². The molecule has 38 heavy (non-hydrogen) atoms. The highest BCUT2D eigenvalue weighted by molar-refractivity contribution is 9.10. The molecule has 0 aliphatic carbocycles. The largest absolute Gasteiger partial charge is 0.355 e. The molecule has 190 valence electrons. The van der Waals surface area contributed by atoms with Crippen LogP contribution in [0.1, 0.15) is 47.1 Å². The Morgan fingerprint density at radius 3 is 1.89 bits per heavy atom. The summed E-state index contributed by atoms with van der Waals surface area (Å²) in [5.74, 6) is 0.366. The Morgan fingerprint density at radius 1 is 0.658 bits per heavy atom. The number of alkyl halides is 2. The van der Waals surface area contributed by atoms with Crippen molar-refractivity contribution in [2.75, 3.05) is 10.7 Å². The Balaban J connectivity index is 1.66. The van der Waals surface area contributed by atoms with Crippen molar-refractivity contribution in [3.63, 3.8) is 0 Å². The fourth-order valence-electron chi connectivity index (χ4n) is 5.14. The van der Waals surface area contributed by atoms with Crippen molar-refractivity contribution in [3.05, 3.63) is 93.5 Å². The van der Waals surface area contributed by atoms with Gasteiger partial charge in [0.25, 0.3) is 0 Å². The number of aromatic nitrogens is 4. The van der Waals surface area contributed by atoms with Crippen molar-refractivity contribution in [1.82, 2.24) is 19.9 Å².